The third-order valence-corrected chi connectivity index (χ3v) is 3.87. The molecule has 1 aromatic rings. The minimum absolute atomic E-state index is 0.191. The fraction of sp³-hybridized carbons (Fsp3) is 0.364. The number of fused-ring (bicyclic) bond motifs is 4. The Morgan fingerprint density at radius 1 is 1.30 bits per heavy atom. The maximum absolute atomic E-state index is 12.1. The van der Waals surface area contributed by atoms with Crippen molar-refractivity contribution >= 4 is 16.4 Å². The molecule has 0 unspecified atom stereocenters. The lowest BCUT2D eigenvalue weighted by Gasteiger charge is -2.31. The molecule has 108 valence electrons. The number of carbonyl (C=O) groups is 1. The van der Waals surface area contributed by atoms with Crippen LogP contribution in [0, 0.1) is 0 Å². The lowest BCUT2D eigenvalue weighted by atomic mass is 9.91. The van der Waals surface area contributed by atoms with Gasteiger partial charge in [0.15, 0.2) is 0 Å². The van der Waals surface area contributed by atoms with Crippen LogP contribution in [0.15, 0.2) is 24.3 Å². The highest BCUT2D eigenvalue weighted by molar-refractivity contribution is 7.80. The van der Waals surface area contributed by atoms with E-state index in [1.165, 1.54) is 4.90 Å². The van der Waals surface area contributed by atoms with Gasteiger partial charge in [0.25, 0.3) is 0 Å². The van der Waals surface area contributed by atoms with Crippen LogP contribution in [0.4, 0.5) is 4.79 Å². The van der Waals surface area contributed by atoms with E-state index in [1.54, 1.807) is 24.3 Å². The second-order valence-corrected chi connectivity index (χ2v) is 5.61. The van der Waals surface area contributed by atoms with Gasteiger partial charge in [-0.25, -0.2) is 4.79 Å². The van der Waals surface area contributed by atoms with Crippen LogP contribution in [0.25, 0.3) is 0 Å². The van der Waals surface area contributed by atoms with E-state index in [1.807, 2.05) is 0 Å². The van der Waals surface area contributed by atoms with Crippen molar-refractivity contribution in [1.82, 2.24) is 9.96 Å². The zero-order chi connectivity index (χ0) is 14.5. The van der Waals surface area contributed by atoms with Crippen molar-refractivity contribution in [1.29, 1.82) is 0 Å². The van der Waals surface area contributed by atoms with Crippen molar-refractivity contribution in [3.8, 4) is 0 Å². The fourth-order valence-corrected chi connectivity index (χ4v) is 3.12. The highest BCUT2D eigenvalue weighted by atomic mass is 32.3. The highest BCUT2D eigenvalue weighted by Crippen LogP contribution is 2.43. The summed E-state index contributed by atoms with van der Waals surface area (Å²) in [7, 11) is -4.79. The number of hydroxylamine groups is 2. The Morgan fingerprint density at radius 3 is 2.55 bits per heavy atom. The first-order valence-corrected chi connectivity index (χ1v) is 7.25. The Bertz CT molecular complexity index is 661. The summed E-state index contributed by atoms with van der Waals surface area (Å²) in [5, 5.41) is 10.1. The molecule has 2 atom stereocenters. The Labute approximate surface area is 115 Å². The van der Waals surface area contributed by atoms with Gasteiger partial charge in [0.2, 0.25) is 0 Å². The molecule has 1 aromatic carbocycles. The van der Waals surface area contributed by atoms with Crippen molar-refractivity contribution < 1.29 is 27.2 Å². The molecule has 2 aliphatic rings. The van der Waals surface area contributed by atoms with Gasteiger partial charge in [-0.05, 0) is 11.1 Å². The van der Waals surface area contributed by atoms with E-state index in [0.29, 0.717) is 10.6 Å². The van der Waals surface area contributed by atoms with Gasteiger partial charge in [0.1, 0.15) is 6.04 Å². The summed E-state index contributed by atoms with van der Waals surface area (Å²) in [6.07, 6.45) is 0. The fourth-order valence-electron chi connectivity index (χ4n) is 2.75. The van der Waals surface area contributed by atoms with Gasteiger partial charge in [-0.2, -0.15) is 13.5 Å². The largest absolute Gasteiger partial charge is 0.418 e. The Balaban J connectivity index is 2.07. The molecule has 0 radical (unpaired) electrons. The van der Waals surface area contributed by atoms with Crippen molar-refractivity contribution in [2.75, 3.05) is 13.2 Å². The van der Waals surface area contributed by atoms with E-state index < -0.39 is 28.5 Å². The number of benzene rings is 1. The molecule has 2 heterocycles. The molecule has 1 saturated heterocycles. The number of carbonyl (C=O) groups excluding carboxylic acids is 1. The van der Waals surface area contributed by atoms with Gasteiger partial charge >= 0.3 is 16.4 Å². The van der Waals surface area contributed by atoms with Gasteiger partial charge in [0, 0.05) is 0 Å². The smallest absolute Gasteiger partial charge is 0.394 e. The maximum atomic E-state index is 12.1. The second kappa shape index (κ2) is 4.42. The Hall–Kier alpha value is -1.68. The number of urea groups is 1. The van der Waals surface area contributed by atoms with E-state index >= 15 is 0 Å². The molecule has 0 aromatic heterocycles. The number of aliphatic hydroxyl groups is 1. The normalized spacial score (nSPS) is 25.0. The third kappa shape index (κ3) is 1.95. The molecular weight excluding hydrogens is 288 g/mol. The van der Waals surface area contributed by atoms with E-state index in [9.17, 15) is 18.3 Å². The summed E-state index contributed by atoms with van der Waals surface area (Å²) in [6.45, 7) is -0.0915. The molecule has 2 amide bonds. The van der Waals surface area contributed by atoms with Gasteiger partial charge in [-0.15, -0.1) is 4.28 Å². The van der Waals surface area contributed by atoms with Gasteiger partial charge < -0.3 is 10.0 Å². The number of hydrogen-bond donors (Lipinski definition) is 2. The van der Waals surface area contributed by atoms with Crippen molar-refractivity contribution in [3.63, 3.8) is 0 Å². The minimum Gasteiger partial charge on any atom is -0.394 e. The van der Waals surface area contributed by atoms with Crippen LogP contribution in [-0.2, 0) is 14.7 Å². The van der Waals surface area contributed by atoms with Crippen LogP contribution in [0.5, 0.6) is 0 Å². The van der Waals surface area contributed by atoms with E-state index in [0.717, 1.165) is 5.56 Å². The molecule has 2 aliphatic heterocycles. The van der Waals surface area contributed by atoms with Crippen LogP contribution in [0.3, 0.4) is 0 Å². The van der Waals surface area contributed by atoms with Crippen LogP contribution < -0.4 is 0 Å². The van der Waals surface area contributed by atoms with Crippen molar-refractivity contribution in [2.45, 2.75) is 12.1 Å². The van der Waals surface area contributed by atoms with Crippen LogP contribution in [0.1, 0.15) is 23.2 Å². The number of nitrogens with zero attached hydrogens (tertiary/aromatic N) is 2. The Kier molecular flexibility index (Phi) is 2.94. The number of amides is 2. The molecule has 8 nitrogen and oxygen atoms in total. The summed E-state index contributed by atoms with van der Waals surface area (Å²) >= 11 is 0. The predicted octanol–water partition coefficient (Wildman–Crippen LogP) is 0.247. The van der Waals surface area contributed by atoms with Crippen LogP contribution in [0.2, 0.25) is 0 Å². The average Bonchev–Trinajstić information content (AvgIpc) is 2.65. The summed E-state index contributed by atoms with van der Waals surface area (Å²) in [6, 6.07) is 5.12. The van der Waals surface area contributed by atoms with Gasteiger partial charge in [0.05, 0.1) is 19.2 Å². The maximum Gasteiger partial charge on any atom is 0.418 e. The quantitative estimate of drug-likeness (QED) is 0.775. The van der Waals surface area contributed by atoms with E-state index in [4.69, 9.17) is 4.55 Å². The van der Waals surface area contributed by atoms with E-state index in [-0.39, 0.29) is 13.2 Å². The molecule has 0 saturated carbocycles. The monoisotopic (exact) mass is 300 g/mol. The molecule has 0 aliphatic carbocycles. The molecule has 1 fully saturated rings. The summed E-state index contributed by atoms with van der Waals surface area (Å²) in [5.74, 6) is 0. The van der Waals surface area contributed by atoms with Gasteiger partial charge in [-0.3, -0.25) is 4.55 Å². The SMILES string of the molecule is O=C1N2C[C@H](c3ccccc3[C@@H]2CO)N1OS(=O)(=O)O. The first kappa shape index (κ1) is 13.3. The lowest BCUT2D eigenvalue weighted by Crippen LogP contribution is -2.36. The predicted molar refractivity (Wildman–Crippen MR) is 65.6 cm³/mol. The summed E-state index contributed by atoms with van der Waals surface area (Å²) in [4.78, 5) is 13.5. The lowest BCUT2D eigenvalue weighted by molar-refractivity contribution is -0.0317. The number of aliphatic hydroxyl groups excluding tert-OH is 1. The minimum atomic E-state index is -4.79. The molecule has 9 heteroatoms. The summed E-state index contributed by atoms with van der Waals surface area (Å²) < 4.78 is 34.8. The van der Waals surface area contributed by atoms with Crippen LogP contribution in [-0.4, -0.2) is 47.2 Å². The summed E-state index contributed by atoms with van der Waals surface area (Å²) in [5.41, 5.74) is 1.43. The molecule has 3 rings (SSSR count). The zero-order valence-electron chi connectivity index (χ0n) is 10.2. The second-order valence-electron chi connectivity index (χ2n) is 4.61. The molecular formula is C11H12N2O6S. The topological polar surface area (TPSA) is 107 Å². The highest BCUT2D eigenvalue weighted by Gasteiger charge is 2.49. The molecule has 2 bridgehead atoms. The van der Waals surface area contributed by atoms with Crippen molar-refractivity contribution in [2.24, 2.45) is 0 Å². The Morgan fingerprint density at radius 2 is 1.95 bits per heavy atom. The zero-order valence-corrected chi connectivity index (χ0v) is 11.0. The van der Waals surface area contributed by atoms with Gasteiger partial charge in [-0.1, -0.05) is 24.3 Å². The molecule has 2 N–H and O–H groups in total. The first-order valence-electron chi connectivity index (χ1n) is 5.89. The van der Waals surface area contributed by atoms with E-state index in [2.05, 4.69) is 4.28 Å². The molecule has 0 spiro atoms. The van der Waals surface area contributed by atoms with Crippen molar-refractivity contribution in [3.05, 3.63) is 35.4 Å². The third-order valence-electron chi connectivity index (χ3n) is 3.52. The number of hydrogen-bond acceptors (Lipinski definition) is 5. The molecule has 20 heavy (non-hydrogen) atoms. The standard InChI is InChI=1S/C11H12N2O6S/c14-6-10-8-4-2-1-3-7(8)9-5-12(10)11(15)13(9)19-20(16,17)18/h1-4,9-10,14H,5-6H2,(H,16,17,18)/t9-,10+/m1/s1. The average molecular weight is 300 g/mol. The first-order chi connectivity index (χ1) is 9.42. The van der Waals surface area contributed by atoms with Crippen LogP contribution >= 0.6 is 0 Å². The number of rotatable bonds is 3.